The Labute approximate surface area is 135 Å². The van der Waals surface area contributed by atoms with Crippen molar-refractivity contribution in [3.63, 3.8) is 0 Å². The zero-order valence-corrected chi connectivity index (χ0v) is 13.3. The maximum Gasteiger partial charge on any atom is 0.185 e. The lowest BCUT2D eigenvalue weighted by Gasteiger charge is -2.26. The second-order valence-electron chi connectivity index (χ2n) is 5.46. The summed E-state index contributed by atoms with van der Waals surface area (Å²) in [6, 6.07) is 6.10. The van der Waals surface area contributed by atoms with Crippen LogP contribution in [0, 0.1) is 5.92 Å². The molecule has 0 fully saturated rings. The number of anilines is 2. The molecular weight excluding hydrogens is 379 g/mol. The number of nitrogens with zero attached hydrogens (tertiary/aromatic N) is 4. The first-order valence-electron chi connectivity index (χ1n) is 6.68. The Morgan fingerprint density at radius 3 is 2.81 bits per heavy atom. The molecule has 0 bridgehead atoms. The molecule has 0 radical (unpaired) electrons. The van der Waals surface area contributed by atoms with Crippen LogP contribution >= 0.6 is 22.6 Å². The molecular formula is C14H13IN6. The molecule has 6 nitrogen and oxygen atoms in total. The third-order valence-electron chi connectivity index (χ3n) is 4.20. The Morgan fingerprint density at radius 2 is 1.95 bits per heavy atom. The highest BCUT2D eigenvalue weighted by atomic mass is 127. The van der Waals surface area contributed by atoms with Crippen LogP contribution in [0.2, 0.25) is 0 Å². The summed E-state index contributed by atoms with van der Waals surface area (Å²) in [4.78, 5) is 8.28. The van der Waals surface area contributed by atoms with Crippen molar-refractivity contribution >= 4 is 39.9 Å². The van der Waals surface area contributed by atoms with Crippen LogP contribution in [0.1, 0.15) is 16.7 Å². The topological polar surface area (TPSA) is 103 Å². The van der Waals surface area contributed by atoms with E-state index in [1.54, 1.807) is 0 Å². The lowest BCUT2D eigenvalue weighted by molar-refractivity contribution is 0.434. The third kappa shape index (κ3) is 1.83. The van der Waals surface area contributed by atoms with E-state index < -0.39 is 3.55 Å². The van der Waals surface area contributed by atoms with Gasteiger partial charge in [-0.3, -0.25) is 0 Å². The SMILES string of the molecule is Nc1ccc2c(c1)CC(C1(I)N=Nc3ncnc(N)c31)C2. The van der Waals surface area contributed by atoms with E-state index in [4.69, 9.17) is 11.5 Å². The Morgan fingerprint density at radius 1 is 1.14 bits per heavy atom. The molecule has 1 aliphatic carbocycles. The number of nitrogen functional groups attached to an aromatic ring is 2. The van der Waals surface area contributed by atoms with E-state index in [1.165, 1.54) is 17.5 Å². The molecule has 0 amide bonds. The summed E-state index contributed by atoms with van der Waals surface area (Å²) in [6.07, 6.45) is 3.28. The zero-order chi connectivity index (χ0) is 14.6. The minimum atomic E-state index is -0.494. The van der Waals surface area contributed by atoms with Gasteiger partial charge >= 0.3 is 0 Å². The molecule has 2 heterocycles. The fourth-order valence-electron chi connectivity index (χ4n) is 3.17. The largest absolute Gasteiger partial charge is 0.399 e. The second kappa shape index (κ2) is 4.36. The van der Waals surface area contributed by atoms with Gasteiger partial charge < -0.3 is 11.5 Å². The molecule has 2 aliphatic rings. The van der Waals surface area contributed by atoms with Crippen LogP contribution in [0.5, 0.6) is 0 Å². The second-order valence-corrected chi connectivity index (χ2v) is 7.11. The van der Waals surface area contributed by atoms with Crippen molar-refractivity contribution in [3.05, 3.63) is 41.2 Å². The third-order valence-corrected chi connectivity index (χ3v) is 5.84. The Bertz CT molecular complexity index is 774. The highest BCUT2D eigenvalue weighted by Crippen LogP contribution is 2.54. The molecule has 4 rings (SSSR count). The summed E-state index contributed by atoms with van der Waals surface area (Å²) >= 11 is 2.34. The van der Waals surface area contributed by atoms with E-state index in [9.17, 15) is 0 Å². The van der Waals surface area contributed by atoms with E-state index in [0.29, 0.717) is 11.6 Å². The number of hydrogen-bond donors (Lipinski definition) is 2. The van der Waals surface area contributed by atoms with Crippen molar-refractivity contribution in [1.29, 1.82) is 0 Å². The van der Waals surface area contributed by atoms with Crippen molar-refractivity contribution in [2.45, 2.75) is 16.4 Å². The lowest BCUT2D eigenvalue weighted by Crippen LogP contribution is -2.27. The average Bonchev–Trinajstić information content (AvgIpc) is 3.02. The van der Waals surface area contributed by atoms with Gasteiger partial charge in [-0.2, -0.15) is 5.11 Å². The predicted octanol–water partition coefficient (Wildman–Crippen LogP) is 2.74. The first-order chi connectivity index (χ1) is 10.1. The van der Waals surface area contributed by atoms with E-state index >= 15 is 0 Å². The molecule has 1 aliphatic heterocycles. The Hall–Kier alpha value is -1.77. The van der Waals surface area contributed by atoms with Gasteiger partial charge in [-0.25, -0.2) is 9.97 Å². The van der Waals surface area contributed by atoms with E-state index in [0.717, 1.165) is 24.1 Å². The van der Waals surface area contributed by atoms with Crippen LogP contribution < -0.4 is 11.5 Å². The highest BCUT2D eigenvalue weighted by molar-refractivity contribution is 14.1. The summed E-state index contributed by atoms with van der Waals surface area (Å²) in [5, 5.41) is 8.68. The molecule has 2 unspecified atom stereocenters. The molecule has 1 aromatic carbocycles. The van der Waals surface area contributed by atoms with Gasteiger partial charge in [0.25, 0.3) is 0 Å². The molecule has 21 heavy (non-hydrogen) atoms. The van der Waals surface area contributed by atoms with Crippen LogP contribution in [-0.4, -0.2) is 9.97 Å². The summed E-state index contributed by atoms with van der Waals surface area (Å²) in [7, 11) is 0. The number of rotatable bonds is 1. The number of benzene rings is 1. The summed E-state index contributed by atoms with van der Waals surface area (Å²) in [5.41, 5.74) is 16.2. The molecule has 106 valence electrons. The fraction of sp³-hybridized carbons (Fsp3) is 0.286. The summed E-state index contributed by atoms with van der Waals surface area (Å²) < 4.78 is -0.494. The van der Waals surface area contributed by atoms with Gasteiger partial charge in [-0.05, 0) is 58.7 Å². The van der Waals surface area contributed by atoms with Gasteiger partial charge in [0.1, 0.15) is 12.1 Å². The minimum absolute atomic E-state index is 0.285. The van der Waals surface area contributed by atoms with Gasteiger partial charge in [0.05, 0.1) is 5.56 Å². The van der Waals surface area contributed by atoms with Crippen LogP contribution in [0.3, 0.4) is 0 Å². The van der Waals surface area contributed by atoms with Gasteiger partial charge in [0.15, 0.2) is 9.36 Å². The number of aromatic nitrogens is 2. The molecule has 0 saturated heterocycles. The van der Waals surface area contributed by atoms with Gasteiger partial charge in [0.2, 0.25) is 0 Å². The molecule has 2 atom stereocenters. The first-order valence-corrected chi connectivity index (χ1v) is 7.76. The van der Waals surface area contributed by atoms with Gasteiger partial charge in [0, 0.05) is 11.6 Å². The quantitative estimate of drug-likeness (QED) is 0.337. The van der Waals surface area contributed by atoms with E-state index in [2.05, 4.69) is 48.9 Å². The standard InChI is InChI=1S/C14H13IN6/c15-14(11-12(17)18-6-19-13(11)20-21-14)9-3-7-1-2-10(16)5-8(7)4-9/h1-2,5-6,9H,3-4,16H2,(H2,17,18,19). The molecule has 2 aromatic rings. The maximum absolute atomic E-state index is 6.05. The van der Waals surface area contributed by atoms with Gasteiger partial charge in [-0.15, -0.1) is 5.11 Å². The van der Waals surface area contributed by atoms with Crippen molar-refractivity contribution in [3.8, 4) is 0 Å². The van der Waals surface area contributed by atoms with Crippen LogP contribution in [0.4, 0.5) is 17.3 Å². The smallest absolute Gasteiger partial charge is 0.185 e. The highest BCUT2D eigenvalue weighted by Gasteiger charge is 2.47. The van der Waals surface area contributed by atoms with Crippen LogP contribution in [-0.2, 0) is 16.4 Å². The average molecular weight is 392 g/mol. The fourth-order valence-corrected chi connectivity index (χ4v) is 4.23. The molecule has 0 spiro atoms. The molecule has 1 aromatic heterocycles. The Balaban J connectivity index is 1.76. The molecule has 4 N–H and O–H groups in total. The number of halogens is 1. The molecule has 7 heteroatoms. The predicted molar refractivity (Wildman–Crippen MR) is 88.4 cm³/mol. The zero-order valence-electron chi connectivity index (χ0n) is 11.1. The normalized spacial score (nSPS) is 25.9. The number of hydrogen-bond acceptors (Lipinski definition) is 6. The Kier molecular flexibility index (Phi) is 2.69. The summed E-state index contributed by atoms with van der Waals surface area (Å²) in [5.74, 6) is 1.34. The van der Waals surface area contributed by atoms with Crippen molar-refractivity contribution < 1.29 is 0 Å². The summed E-state index contributed by atoms with van der Waals surface area (Å²) in [6.45, 7) is 0. The van der Waals surface area contributed by atoms with Crippen molar-refractivity contribution in [1.82, 2.24) is 9.97 Å². The number of alkyl halides is 1. The van der Waals surface area contributed by atoms with Crippen LogP contribution in [0.25, 0.3) is 0 Å². The number of azo groups is 1. The minimum Gasteiger partial charge on any atom is -0.399 e. The van der Waals surface area contributed by atoms with E-state index in [1.807, 2.05) is 12.1 Å². The molecule has 0 saturated carbocycles. The van der Waals surface area contributed by atoms with Crippen molar-refractivity contribution in [2.75, 3.05) is 11.5 Å². The number of fused-ring (bicyclic) bond motifs is 2. The van der Waals surface area contributed by atoms with Crippen molar-refractivity contribution in [2.24, 2.45) is 16.1 Å². The van der Waals surface area contributed by atoms with Crippen LogP contribution in [0.15, 0.2) is 34.8 Å². The monoisotopic (exact) mass is 392 g/mol. The van der Waals surface area contributed by atoms with E-state index in [-0.39, 0.29) is 5.92 Å². The van der Waals surface area contributed by atoms with Gasteiger partial charge in [-0.1, -0.05) is 6.07 Å². The number of nitrogens with two attached hydrogens (primary N) is 2. The maximum atomic E-state index is 6.05. The lowest BCUT2D eigenvalue weighted by atomic mass is 9.92. The first kappa shape index (κ1) is 12.9.